The zero-order chi connectivity index (χ0) is 12.1. The predicted octanol–water partition coefficient (Wildman–Crippen LogP) is 2.68. The minimum atomic E-state index is -1.83. The molecule has 6 heteroatoms. The molecule has 0 amide bonds. The second kappa shape index (κ2) is 6.48. The number of esters is 1. The summed E-state index contributed by atoms with van der Waals surface area (Å²) in [6.07, 6.45) is 2.07. The summed E-state index contributed by atoms with van der Waals surface area (Å²) in [5.74, 6) is -2.14. The Hall–Kier alpha value is -0.100. The third-order valence-corrected chi connectivity index (χ3v) is 3.19. The summed E-state index contributed by atoms with van der Waals surface area (Å²) in [7, 11) is 0. The molecule has 0 bridgehead atoms. The first kappa shape index (κ1) is 14.9. The molecule has 1 atom stereocenters. The van der Waals surface area contributed by atoms with Crippen LogP contribution in [0.15, 0.2) is 0 Å². The highest BCUT2D eigenvalue weighted by atomic mass is 79.9. The highest BCUT2D eigenvalue weighted by molar-refractivity contribution is 9.26. The van der Waals surface area contributed by atoms with Gasteiger partial charge in [0.15, 0.2) is 0 Å². The van der Waals surface area contributed by atoms with E-state index >= 15 is 0 Å². The van der Waals surface area contributed by atoms with Gasteiger partial charge in [-0.3, -0.25) is 0 Å². The number of hydrogen-bond donors (Lipinski definition) is 1. The van der Waals surface area contributed by atoms with E-state index < -0.39 is 15.2 Å². The highest BCUT2D eigenvalue weighted by Gasteiger charge is 2.43. The normalized spacial score (nSPS) is 13.3. The Labute approximate surface area is 106 Å². The fourth-order valence-corrected chi connectivity index (χ4v) is 1.17. The van der Waals surface area contributed by atoms with Gasteiger partial charge in [0.2, 0.25) is 0 Å². The number of halogens is 2. The van der Waals surface area contributed by atoms with Gasteiger partial charge < -0.3 is 9.84 Å². The van der Waals surface area contributed by atoms with Crippen molar-refractivity contribution in [3.8, 4) is 0 Å². The van der Waals surface area contributed by atoms with Crippen LogP contribution < -0.4 is 0 Å². The number of carboxylic acids is 1. The van der Waals surface area contributed by atoms with Crippen LogP contribution in [0, 0.1) is 0 Å². The highest BCUT2D eigenvalue weighted by Crippen LogP contribution is 2.29. The molecular weight excluding hydrogens is 332 g/mol. The van der Waals surface area contributed by atoms with Gasteiger partial charge in [-0.05, 0) is 44.7 Å². The van der Waals surface area contributed by atoms with Crippen molar-refractivity contribution in [3.63, 3.8) is 0 Å². The Kier molecular flexibility index (Phi) is 6.43. The Morgan fingerprint density at radius 2 is 1.93 bits per heavy atom. The molecule has 0 aromatic carbocycles. The number of aliphatic carboxylic acids is 1. The van der Waals surface area contributed by atoms with E-state index in [4.69, 9.17) is 9.84 Å². The van der Waals surface area contributed by atoms with E-state index in [9.17, 15) is 9.59 Å². The quantitative estimate of drug-likeness (QED) is 0.456. The number of hydrogen-bond acceptors (Lipinski definition) is 3. The lowest BCUT2D eigenvalue weighted by Gasteiger charge is -2.20. The van der Waals surface area contributed by atoms with Gasteiger partial charge in [0.05, 0.1) is 0 Å². The Morgan fingerprint density at radius 1 is 1.40 bits per heavy atom. The molecule has 1 N–H and O–H groups in total. The molecule has 0 heterocycles. The lowest BCUT2D eigenvalue weighted by Crippen LogP contribution is -2.38. The Bertz CT molecular complexity index is 240. The summed E-state index contributed by atoms with van der Waals surface area (Å²) in [6.45, 7) is 3.86. The second-order valence-corrected chi connectivity index (χ2v) is 6.55. The van der Waals surface area contributed by atoms with Gasteiger partial charge in [-0.25, -0.2) is 9.59 Å². The standard InChI is InChI=1S/C9H14Br2O4/c1-3-5-6(4-2)15-8(14)9(10,11)7(12)13/h6H,3-5H2,1-2H3,(H,12,13). The van der Waals surface area contributed by atoms with Crippen LogP contribution in [-0.2, 0) is 14.3 Å². The molecular formula is C9H14Br2O4. The van der Waals surface area contributed by atoms with Crippen molar-refractivity contribution in [3.05, 3.63) is 0 Å². The first-order chi connectivity index (χ1) is 6.86. The lowest BCUT2D eigenvalue weighted by atomic mass is 10.1. The molecule has 0 rings (SSSR count). The summed E-state index contributed by atoms with van der Waals surface area (Å²) in [4.78, 5) is 22.1. The molecule has 0 fully saturated rings. The van der Waals surface area contributed by atoms with Gasteiger partial charge in [0.1, 0.15) is 6.10 Å². The van der Waals surface area contributed by atoms with Gasteiger partial charge >= 0.3 is 11.9 Å². The monoisotopic (exact) mass is 344 g/mol. The van der Waals surface area contributed by atoms with Crippen molar-refractivity contribution in [1.82, 2.24) is 0 Å². The van der Waals surface area contributed by atoms with Gasteiger partial charge in [0.25, 0.3) is 3.23 Å². The molecule has 0 saturated carbocycles. The van der Waals surface area contributed by atoms with E-state index in [2.05, 4.69) is 31.9 Å². The molecule has 0 aromatic rings. The van der Waals surface area contributed by atoms with E-state index in [-0.39, 0.29) is 6.10 Å². The molecule has 0 radical (unpaired) electrons. The van der Waals surface area contributed by atoms with Crippen molar-refractivity contribution in [2.45, 2.75) is 42.4 Å². The predicted molar refractivity (Wildman–Crippen MR) is 63.3 cm³/mol. The maximum atomic E-state index is 11.5. The van der Waals surface area contributed by atoms with Crippen LogP contribution in [-0.4, -0.2) is 26.4 Å². The molecule has 0 aliphatic rings. The summed E-state index contributed by atoms with van der Waals surface area (Å²) in [5.41, 5.74) is 0. The third kappa shape index (κ3) is 4.51. The first-order valence-electron chi connectivity index (χ1n) is 4.68. The van der Waals surface area contributed by atoms with Crippen molar-refractivity contribution in [1.29, 1.82) is 0 Å². The summed E-state index contributed by atoms with van der Waals surface area (Å²) in [5, 5.41) is 8.73. The molecule has 0 aliphatic heterocycles. The Morgan fingerprint density at radius 3 is 2.27 bits per heavy atom. The van der Waals surface area contributed by atoms with Crippen molar-refractivity contribution in [2.24, 2.45) is 0 Å². The average Bonchev–Trinajstić information content (AvgIpc) is 2.16. The maximum Gasteiger partial charge on any atom is 0.345 e. The minimum absolute atomic E-state index is 0.226. The van der Waals surface area contributed by atoms with E-state index in [0.717, 1.165) is 12.8 Å². The van der Waals surface area contributed by atoms with E-state index in [1.54, 1.807) is 0 Å². The number of alkyl halides is 2. The summed E-state index contributed by atoms with van der Waals surface area (Å²) < 4.78 is 3.22. The van der Waals surface area contributed by atoms with Gasteiger partial charge in [0, 0.05) is 0 Å². The molecule has 0 aliphatic carbocycles. The van der Waals surface area contributed by atoms with Crippen molar-refractivity contribution in [2.75, 3.05) is 0 Å². The first-order valence-corrected chi connectivity index (χ1v) is 6.27. The van der Waals surface area contributed by atoms with Crippen LogP contribution >= 0.6 is 31.9 Å². The molecule has 15 heavy (non-hydrogen) atoms. The van der Waals surface area contributed by atoms with Gasteiger partial charge in [-0.2, -0.15) is 0 Å². The van der Waals surface area contributed by atoms with Crippen LogP contribution in [0.4, 0.5) is 0 Å². The van der Waals surface area contributed by atoms with E-state index in [1.165, 1.54) is 0 Å². The number of carbonyl (C=O) groups excluding carboxylic acids is 1. The minimum Gasteiger partial charge on any atom is -0.479 e. The van der Waals surface area contributed by atoms with Crippen LogP contribution in [0.2, 0.25) is 0 Å². The smallest absolute Gasteiger partial charge is 0.345 e. The van der Waals surface area contributed by atoms with Crippen LogP contribution in [0.1, 0.15) is 33.1 Å². The van der Waals surface area contributed by atoms with Crippen LogP contribution in [0.25, 0.3) is 0 Å². The topological polar surface area (TPSA) is 63.6 Å². The molecule has 1 unspecified atom stereocenters. The Balaban J connectivity index is 4.40. The van der Waals surface area contributed by atoms with Crippen LogP contribution in [0.5, 0.6) is 0 Å². The number of rotatable bonds is 6. The van der Waals surface area contributed by atoms with Crippen molar-refractivity contribution < 1.29 is 19.4 Å². The van der Waals surface area contributed by atoms with Crippen LogP contribution in [0.3, 0.4) is 0 Å². The number of ether oxygens (including phenoxy) is 1. The molecule has 88 valence electrons. The lowest BCUT2D eigenvalue weighted by molar-refractivity contribution is -0.155. The van der Waals surface area contributed by atoms with Gasteiger partial charge in [-0.1, -0.05) is 20.3 Å². The van der Waals surface area contributed by atoms with E-state index in [0.29, 0.717) is 6.42 Å². The molecule has 0 spiro atoms. The summed E-state index contributed by atoms with van der Waals surface area (Å²) in [6, 6.07) is 0. The number of carbonyl (C=O) groups is 2. The fourth-order valence-electron chi connectivity index (χ4n) is 0.981. The van der Waals surface area contributed by atoms with Crippen molar-refractivity contribution >= 4 is 43.8 Å². The average molecular weight is 346 g/mol. The SMILES string of the molecule is CCCC(CC)OC(=O)C(Br)(Br)C(=O)O. The second-order valence-electron chi connectivity index (χ2n) is 3.10. The third-order valence-electron chi connectivity index (χ3n) is 1.86. The zero-order valence-corrected chi connectivity index (χ0v) is 11.8. The maximum absolute atomic E-state index is 11.5. The zero-order valence-electron chi connectivity index (χ0n) is 8.63. The molecule has 0 aromatic heterocycles. The number of carboxylic acid groups (broad SMARTS) is 1. The van der Waals surface area contributed by atoms with E-state index in [1.807, 2.05) is 13.8 Å². The molecule has 0 saturated heterocycles. The molecule has 4 nitrogen and oxygen atoms in total. The summed E-state index contributed by atoms with van der Waals surface area (Å²) >= 11 is 5.53. The fraction of sp³-hybridized carbons (Fsp3) is 0.778. The largest absolute Gasteiger partial charge is 0.479 e. The van der Waals surface area contributed by atoms with Gasteiger partial charge in [-0.15, -0.1) is 0 Å².